The lowest BCUT2D eigenvalue weighted by molar-refractivity contribution is 0.229. The molecule has 1 N–H and O–H groups in total. The van der Waals surface area contributed by atoms with Gasteiger partial charge in [-0.15, -0.1) is 0 Å². The Bertz CT molecular complexity index is 482. The van der Waals surface area contributed by atoms with Gasteiger partial charge in [-0.1, -0.05) is 18.6 Å². The Morgan fingerprint density at radius 1 is 1.30 bits per heavy atom. The van der Waals surface area contributed by atoms with E-state index >= 15 is 0 Å². The highest BCUT2D eigenvalue weighted by molar-refractivity contribution is 5.93. The molecule has 2 heterocycles. The third-order valence-electron chi connectivity index (χ3n) is 4.33. The van der Waals surface area contributed by atoms with Crippen LogP contribution in [-0.4, -0.2) is 43.7 Å². The van der Waals surface area contributed by atoms with Gasteiger partial charge in [-0.25, -0.2) is 4.79 Å². The standard InChI is InChI=1S/C16H23N3O/c1-18-9-10-19(16(18)20)15-7-4-5-13(12-15)11-14-6-2-3-8-17-14/h4-5,7,12,14,17H,2-3,6,8-11H2,1H3. The molecule has 0 bridgehead atoms. The van der Waals surface area contributed by atoms with E-state index in [1.807, 2.05) is 18.0 Å². The van der Waals surface area contributed by atoms with E-state index < -0.39 is 0 Å². The van der Waals surface area contributed by atoms with Crippen LogP contribution in [0.2, 0.25) is 0 Å². The molecular formula is C16H23N3O. The molecule has 2 aliphatic rings. The van der Waals surface area contributed by atoms with Gasteiger partial charge in [0.2, 0.25) is 0 Å². The maximum Gasteiger partial charge on any atom is 0.324 e. The van der Waals surface area contributed by atoms with Gasteiger partial charge in [-0.3, -0.25) is 4.90 Å². The summed E-state index contributed by atoms with van der Waals surface area (Å²) in [4.78, 5) is 15.7. The normalized spacial score (nSPS) is 23.4. The molecule has 2 aliphatic heterocycles. The summed E-state index contributed by atoms with van der Waals surface area (Å²) in [6, 6.07) is 9.15. The van der Waals surface area contributed by atoms with Crippen molar-refractivity contribution in [3.63, 3.8) is 0 Å². The van der Waals surface area contributed by atoms with Crippen LogP contribution in [0.25, 0.3) is 0 Å². The molecule has 0 aliphatic carbocycles. The minimum Gasteiger partial charge on any atom is -0.326 e. The Hall–Kier alpha value is -1.55. The maximum atomic E-state index is 12.0. The Morgan fingerprint density at radius 2 is 2.20 bits per heavy atom. The minimum absolute atomic E-state index is 0.109. The van der Waals surface area contributed by atoms with Gasteiger partial charge < -0.3 is 10.2 Å². The number of hydrogen-bond acceptors (Lipinski definition) is 2. The van der Waals surface area contributed by atoms with Gasteiger partial charge in [-0.2, -0.15) is 0 Å². The first-order valence-corrected chi connectivity index (χ1v) is 7.59. The number of likely N-dealkylation sites (N-methyl/N-ethyl adjacent to an activating group) is 1. The fourth-order valence-electron chi connectivity index (χ4n) is 3.12. The molecule has 2 fully saturated rings. The van der Waals surface area contributed by atoms with Crippen molar-refractivity contribution in [2.45, 2.75) is 31.7 Å². The summed E-state index contributed by atoms with van der Waals surface area (Å²) in [7, 11) is 1.86. The first-order valence-electron chi connectivity index (χ1n) is 7.59. The second-order valence-corrected chi connectivity index (χ2v) is 5.88. The molecule has 0 aromatic heterocycles. The number of anilines is 1. The number of carbonyl (C=O) groups is 1. The number of piperidine rings is 1. The second-order valence-electron chi connectivity index (χ2n) is 5.88. The fourth-order valence-corrected chi connectivity index (χ4v) is 3.12. The molecule has 1 atom stereocenters. The molecule has 4 nitrogen and oxygen atoms in total. The lowest BCUT2D eigenvalue weighted by Gasteiger charge is -2.24. The van der Waals surface area contributed by atoms with E-state index in [2.05, 4.69) is 23.5 Å². The van der Waals surface area contributed by atoms with Gasteiger partial charge in [0.05, 0.1) is 0 Å². The number of rotatable bonds is 3. The van der Waals surface area contributed by atoms with Crippen LogP contribution in [0.5, 0.6) is 0 Å². The van der Waals surface area contributed by atoms with Gasteiger partial charge in [0.25, 0.3) is 0 Å². The SMILES string of the molecule is CN1CCN(c2cccc(CC3CCCCN3)c2)C1=O. The summed E-state index contributed by atoms with van der Waals surface area (Å²) in [5, 5.41) is 3.58. The highest BCUT2D eigenvalue weighted by Gasteiger charge is 2.26. The monoisotopic (exact) mass is 273 g/mol. The summed E-state index contributed by atoms with van der Waals surface area (Å²) in [6.45, 7) is 2.74. The zero-order valence-corrected chi connectivity index (χ0v) is 12.1. The Morgan fingerprint density at radius 3 is 2.90 bits per heavy atom. The van der Waals surface area contributed by atoms with Gasteiger partial charge in [0, 0.05) is 31.9 Å². The average molecular weight is 273 g/mol. The zero-order chi connectivity index (χ0) is 13.9. The lowest BCUT2D eigenvalue weighted by atomic mass is 9.97. The topological polar surface area (TPSA) is 35.6 Å². The average Bonchev–Trinajstić information content (AvgIpc) is 2.80. The number of carbonyl (C=O) groups excluding carboxylic acids is 1. The largest absolute Gasteiger partial charge is 0.326 e. The summed E-state index contributed by atoms with van der Waals surface area (Å²) >= 11 is 0. The van der Waals surface area contributed by atoms with E-state index in [0.717, 1.165) is 31.7 Å². The summed E-state index contributed by atoms with van der Waals surface area (Å²) in [6.07, 6.45) is 4.94. The molecule has 0 spiro atoms. The smallest absolute Gasteiger partial charge is 0.324 e. The van der Waals surface area contributed by atoms with Gasteiger partial charge in [0.15, 0.2) is 0 Å². The zero-order valence-electron chi connectivity index (χ0n) is 12.1. The summed E-state index contributed by atoms with van der Waals surface area (Å²) in [5.41, 5.74) is 2.36. The van der Waals surface area contributed by atoms with Crippen LogP contribution in [0.1, 0.15) is 24.8 Å². The highest BCUT2D eigenvalue weighted by Crippen LogP contribution is 2.22. The maximum absolute atomic E-state index is 12.0. The molecule has 1 aromatic carbocycles. The summed E-state index contributed by atoms with van der Waals surface area (Å²) in [5.74, 6) is 0. The van der Waals surface area contributed by atoms with Crippen LogP contribution in [0.4, 0.5) is 10.5 Å². The van der Waals surface area contributed by atoms with Crippen LogP contribution < -0.4 is 10.2 Å². The molecule has 0 radical (unpaired) electrons. The predicted octanol–water partition coefficient (Wildman–Crippen LogP) is 2.24. The second kappa shape index (κ2) is 5.83. The number of urea groups is 1. The molecule has 1 aromatic rings. The van der Waals surface area contributed by atoms with Gasteiger partial charge in [0.1, 0.15) is 0 Å². The Kier molecular flexibility index (Phi) is 3.92. The van der Waals surface area contributed by atoms with Crippen molar-refractivity contribution >= 4 is 11.7 Å². The lowest BCUT2D eigenvalue weighted by Crippen LogP contribution is -2.35. The van der Waals surface area contributed by atoms with Crippen molar-refractivity contribution in [3.8, 4) is 0 Å². The predicted molar refractivity (Wildman–Crippen MR) is 81.2 cm³/mol. The van der Waals surface area contributed by atoms with Crippen LogP contribution in [0, 0.1) is 0 Å². The molecule has 20 heavy (non-hydrogen) atoms. The van der Waals surface area contributed by atoms with Crippen molar-refractivity contribution in [1.82, 2.24) is 10.2 Å². The molecule has 4 heteroatoms. The molecule has 2 amide bonds. The molecule has 3 rings (SSSR count). The first kappa shape index (κ1) is 13.4. The number of nitrogens with zero attached hydrogens (tertiary/aromatic N) is 2. The van der Waals surface area contributed by atoms with E-state index in [-0.39, 0.29) is 6.03 Å². The number of benzene rings is 1. The molecule has 1 unspecified atom stereocenters. The fraction of sp³-hybridized carbons (Fsp3) is 0.562. The Labute approximate surface area is 120 Å². The van der Waals surface area contributed by atoms with Crippen LogP contribution in [-0.2, 0) is 6.42 Å². The van der Waals surface area contributed by atoms with Gasteiger partial charge in [-0.05, 0) is 43.5 Å². The van der Waals surface area contributed by atoms with Crippen molar-refractivity contribution in [1.29, 1.82) is 0 Å². The number of nitrogens with one attached hydrogen (secondary N) is 1. The molecule has 2 saturated heterocycles. The first-order chi connectivity index (χ1) is 9.74. The van der Waals surface area contributed by atoms with Crippen molar-refractivity contribution < 1.29 is 4.79 Å². The quantitative estimate of drug-likeness (QED) is 0.917. The van der Waals surface area contributed by atoms with Gasteiger partial charge >= 0.3 is 6.03 Å². The van der Waals surface area contributed by atoms with E-state index in [4.69, 9.17) is 0 Å². The Balaban J connectivity index is 1.71. The summed E-state index contributed by atoms with van der Waals surface area (Å²) < 4.78 is 0. The van der Waals surface area contributed by atoms with Crippen molar-refractivity contribution in [2.24, 2.45) is 0 Å². The van der Waals surface area contributed by atoms with E-state index in [9.17, 15) is 4.79 Å². The van der Waals surface area contributed by atoms with Crippen molar-refractivity contribution in [3.05, 3.63) is 29.8 Å². The molecule has 0 saturated carbocycles. The number of hydrogen-bond donors (Lipinski definition) is 1. The van der Waals surface area contributed by atoms with Crippen molar-refractivity contribution in [2.75, 3.05) is 31.6 Å². The number of amides is 2. The van der Waals surface area contributed by atoms with Crippen LogP contribution in [0.3, 0.4) is 0 Å². The van der Waals surface area contributed by atoms with Crippen LogP contribution in [0.15, 0.2) is 24.3 Å². The van der Waals surface area contributed by atoms with E-state index in [0.29, 0.717) is 6.04 Å². The van der Waals surface area contributed by atoms with Crippen LogP contribution >= 0.6 is 0 Å². The molecular weight excluding hydrogens is 250 g/mol. The minimum atomic E-state index is 0.109. The third-order valence-corrected chi connectivity index (χ3v) is 4.33. The van der Waals surface area contributed by atoms with E-state index in [1.54, 1.807) is 4.90 Å². The highest BCUT2D eigenvalue weighted by atomic mass is 16.2. The van der Waals surface area contributed by atoms with E-state index in [1.165, 1.54) is 24.8 Å². The third kappa shape index (κ3) is 2.80. The molecule has 108 valence electrons.